The predicted octanol–water partition coefficient (Wildman–Crippen LogP) is 1.20. The number of aromatic nitrogens is 2. The van der Waals surface area contributed by atoms with Crippen molar-refractivity contribution in [1.29, 1.82) is 0 Å². The molecule has 1 aliphatic heterocycles. The molecule has 3 nitrogen and oxygen atoms in total. The van der Waals surface area contributed by atoms with Crippen LogP contribution in [0.15, 0.2) is 12.3 Å². The van der Waals surface area contributed by atoms with Gasteiger partial charge in [0.15, 0.2) is 0 Å². The van der Waals surface area contributed by atoms with Gasteiger partial charge in [-0.25, -0.2) is 0 Å². The predicted molar refractivity (Wildman–Crippen MR) is 52.6 cm³/mol. The Morgan fingerprint density at radius 3 is 3.23 bits per heavy atom. The van der Waals surface area contributed by atoms with Crippen LogP contribution >= 0.6 is 0 Å². The molecule has 1 aliphatic rings. The van der Waals surface area contributed by atoms with Crippen molar-refractivity contribution >= 4 is 0 Å². The van der Waals surface area contributed by atoms with Crippen LogP contribution < -0.4 is 5.32 Å². The Labute approximate surface area is 79.1 Å². The van der Waals surface area contributed by atoms with Crippen molar-refractivity contribution in [2.45, 2.75) is 38.8 Å². The highest BCUT2D eigenvalue weighted by Crippen LogP contribution is 2.10. The molecule has 0 spiro atoms. The van der Waals surface area contributed by atoms with E-state index in [1.165, 1.54) is 25.1 Å². The summed E-state index contributed by atoms with van der Waals surface area (Å²) < 4.78 is 1.99. The quantitative estimate of drug-likeness (QED) is 0.755. The van der Waals surface area contributed by atoms with Crippen molar-refractivity contribution in [3.63, 3.8) is 0 Å². The van der Waals surface area contributed by atoms with Gasteiger partial charge in [0.05, 0.1) is 5.69 Å². The van der Waals surface area contributed by atoms with Crippen molar-refractivity contribution in [3.05, 3.63) is 18.0 Å². The number of hydrogen-bond donors (Lipinski definition) is 1. The Morgan fingerprint density at radius 1 is 1.69 bits per heavy atom. The van der Waals surface area contributed by atoms with Crippen LogP contribution in [0.5, 0.6) is 0 Å². The van der Waals surface area contributed by atoms with Gasteiger partial charge in [-0.3, -0.25) is 4.68 Å². The van der Waals surface area contributed by atoms with E-state index in [-0.39, 0.29) is 0 Å². The molecule has 1 unspecified atom stereocenters. The van der Waals surface area contributed by atoms with Gasteiger partial charge in [-0.1, -0.05) is 0 Å². The van der Waals surface area contributed by atoms with Crippen LogP contribution in [0.3, 0.4) is 0 Å². The first-order valence-electron chi connectivity index (χ1n) is 5.14. The topological polar surface area (TPSA) is 29.9 Å². The molecule has 2 rings (SSSR count). The van der Waals surface area contributed by atoms with Crippen LogP contribution in [0.1, 0.15) is 25.5 Å². The van der Waals surface area contributed by atoms with Crippen LogP contribution in [-0.4, -0.2) is 22.4 Å². The van der Waals surface area contributed by atoms with E-state index in [0.29, 0.717) is 6.04 Å². The average molecular weight is 179 g/mol. The molecule has 0 saturated carbocycles. The number of nitrogens with zero attached hydrogens (tertiary/aromatic N) is 2. The largest absolute Gasteiger partial charge is 0.314 e. The van der Waals surface area contributed by atoms with Gasteiger partial charge in [0.25, 0.3) is 0 Å². The lowest BCUT2D eigenvalue weighted by Crippen LogP contribution is -2.23. The lowest BCUT2D eigenvalue weighted by Gasteiger charge is -2.06. The van der Waals surface area contributed by atoms with Crippen LogP contribution in [0.2, 0.25) is 0 Å². The smallest absolute Gasteiger partial charge is 0.0640 e. The first-order chi connectivity index (χ1) is 6.38. The highest BCUT2D eigenvalue weighted by molar-refractivity contribution is 5.02. The maximum atomic E-state index is 4.47. The Bertz CT molecular complexity index is 261. The minimum Gasteiger partial charge on any atom is -0.314 e. The Kier molecular flexibility index (Phi) is 2.64. The monoisotopic (exact) mass is 179 g/mol. The molecule has 1 aromatic heterocycles. The van der Waals surface area contributed by atoms with E-state index in [4.69, 9.17) is 0 Å². The molecular formula is C10H17N3. The lowest BCUT2D eigenvalue weighted by molar-refractivity contribution is 0.577. The van der Waals surface area contributed by atoms with Crippen molar-refractivity contribution in [1.82, 2.24) is 15.1 Å². The van der Waals surface area contributed by atoms with Gasteiger partial charge in [0, 0.05) is 25.2 Å². The number of aryl methyl sites for hydroxylation is 1. The van der Waals surface area contributed by atoms with E-state index in [1.807, 2.05) is 4.68 Å². The first kappa shape index (κ1) is 8.75. The van der Waals surface area contributed by atoms with E-state index in [1.54, 1.807) is 0 Å². The molecule has 1 atom stereocenters. The molecule has 2 heterocycles. The minimum atomic E-state index is 0.667. The molecule has 13 heavy (non-hydrogen) atoms. The normalized spacial score (nSPS) is 22.4. The minimum absolute atomic E-state index is 0.667. The van der Waals surface area contributed by atoms with E-state index in [9.17, 15) is 0 Å². The third-order valence-electron chi connectivity index (χ3n) is 2.64. The summed E-state index contributed by atoms with van der Waals surface area (Å²) in [6.07, 6.45) is 5.77. The molecule has 0 radical (unpaired) electrons. The van der Waals surface area contributed by atoms with Crippen LogP contribution in [0, 0.1) is 0 Å². The van der Waals surface area contributed by atoms with Gasteiger partial charge in [0.2, 0.25) is 0 Å². The summed E-state index contributed by atoms with van der Waals surface area (Å²) in [5.41, 5.74) is 1.22. The van der Waals surface area contributed by atoms with E-state index >= 15 is 0 Å². The summed E-state index contributed by atoms with van der Waals surface area (Å²) in [7, 11) is 0. The Morgan fingerprint density at radius 2 is 2.62 bits per heavy atom. The molecular weight excluding hydrogens is 162 g/mol. The van der Waals surface area contributed by atoms with E-state index in [2.05, 4.69) is 29.6 Å². The van der Waals surface area contributed by atoms with Crippen LogP contribution in [0.25, 0.3) is 0 Å². The Balaban J connectivity index is 1.92. The fourth-order valence-electron chi connectivity index (χ4n) is 1.87. The molecule has 0 aliphatic carbocycles. The van der Waals surface area contributed by atoms with Gasteiger partial charge in [-0.2, -0.15) is 5.10 Å². The highest BCUT2D eigenvalue weighted by atomic mass is 15.3. The summed E-state index contributed by atoms with van der Waals surface area (Å²) in [5, 5.41) is 7.95. The van der Waals surface area contributed by atoms with Gasteiger partial charge in [-0.05, 0) is 32.4 Å². The van der Waals surface area contributed by atoms with Gasteiger partial charge >= 0.3 is 0 Å². The zero-order valence-electron chi connectivity index (χ0n) is 8.16. The molecule has 72 valence electrons. The van der Waals surface area contributed by atoms with E-state index in [0.717, 1.165) is 13.0 Å². The molecule has 0 aromatic carbocycles. The lowest BCUT2D eigenvalue weighted by atomic mass is 10.1. The summed E-state index contributed by atoms with van der Waals surface area (Å²) >= 11 is 0. The summed E-state index contributed by atoms with van der Waals surface area (Å²) in [5.74, 6) is 0. The first-order valence-corrected chi connectivity index (χ1v) is 5.14. The third-order valence-corrected chi connectivity index (χ3v) is 2.64. The number of rotatable bonds is 3. The molecule has 0 bridgehead atoms. The average Bonchev–Trinajstić information content (AvgIpc) is 2.76. The molecule has 1 aromatic rings. The summed E-state index contributed by atoms with van der Waals surface area (Å²) in [6.45, 7) is 4.27. The summed E-state index contributed by atoms with van der Waals surface area (Å²) in [6, 6.07) is 2.80. The SMILES string of the molecule is CCn1ccc(CC2CCCN2)n1. The van der Waals surface area contributed by atoms with Gasteiger partial charge < -0.3 is 5.32 Å². The Hall–Kier alpha value is -0.830. The standard InChI is InChI=1S/C10H17N3/c1-2-13-7-5-10(12-13)8-9-4-3-6-11-9/h5,7,9,11H,2-4,6,8H2,1H3. The third kappa shape index (κ3) is 2.10. The zero-order chi connectivity index (χ0) is 9.10. The zero-order valence-corrected chi connectivity index (χ0v) is 8.16. The van der Waals surface area contributed by atoms with Crippen molar-refractivity contribution in [3.8, 4) is 0 Å². The second-order valence-electron chi connectivity index (χ2n) is 3.66. The fraction of sp³-hybridized carbons (Fsp3) is 0.700. The summed E-state index contributed by atoms with van der Waals surface area (Å²) in [4.78, 5) is 0. The van der Waals surface area contributed by atoms with Gasteiger partial charge in [0.1, 0.15) is 0 Å². The molecule has 3 heteroatoms. The van der Waals surface area contributed by atoms with Gasteiger partial charge in [-0.15, -0.1) is 0 Å². The fourth-order valence-corrected chi connectivity index (χ4v) is 1.87. The highest BCUT2D eigenvalue weighted by Gasteiger charge is 2.15. The second kappa shape index (κ2) is 3.92. The maximum Gasteiger partial charge on any atom is 0.0640 e. The molecule has 1 N–H and O–H groups in total. The molecule has 1 saturated heterocycles. The van der Waals surface area contributed by atoms with Crippen LogP contribution in [0.4, 0.5) is 0 Å². The van der Waals surface area contributed by atoms with Crippen molar-refractivity contribution in [2.24, 2.45) is 0 Å². The maximum absolute atomic E-state index is 4.47. The van der Waals surface area contributed by atoms with Crippen molar-refractivity contribution in [2.75, 3.05) is 6.54 Å². The second-order valence-corrected chi connectivity index (χ2v) is 3.66. The number of hydrogen-bond acceptors (Lipinski definition) is 2. The van der Waals surface area contributed by atoms with Crippen molar-refractivity contribution < 1.29 is 0 Å². The molecule has 0 amide bonds. The van der Waals surface area contributed by atoms with Crippen LogP contribution in [-0.2, 0) is 13.0 Å². The van der Waals surface area contributed by atoms with E-state index < -0.39 is 0 Å². The molecule has 1 fully saturated rings. The number of nitrogens with one attached hydrogen (secondary N) is 1.